The highest BCUT2D eigenvalue weighted by Gasteiger charge is 2.30. The molecule has 0 spiro atoms. The predicted molar refractivity (Wildman–Crippen MR) is 64.2 cm³/mol. The van der Waals surface area contributed by atoms with Crippen molar-refractivity contribution in [3.05, 3.63) is 24.3 Å². The summed E-state index contributed by atoms with van der Waals surface area (Å²) < 4.78 is 0. The molecule has 0 aliphatic heterocycles. The predicted octanol–water partition coefficient (Wildman–Crippen LogP) is 4.58. The first kappa shape index (κ1) is 11.6. The van der Waals surface area contributed by atoms with Crippen LogP contribution in [0, 0.1) is 17.3 Å². The van der Waals surface area contributed by atoms with Gasteiger partial charge in [0.2, 0.25) is 0 Å². The van der Waals surface area contributed by atoms with Crippen LogP contribution in [0.1, 0.15) is 47.0 Å². The molecule has 0 heterocycles. The average molecular weight is 192 g/mol. The molecule has 0 aromatic carbocycles. The van der Waals surface area contributed by atoms with E-state index in [0.717, 1.165) is 11.8 Å². The number of allylic oxidation sites excluding steroid dienone is 4. The normalized spacial score (nSPS) is 26.4. The van der Waals surface area contributed by atoms with Crippen molar-refractivity contribution in [1.29, 1.82) is 0 Å². The summed E-state index contributed by atoms with van der Waals surface area (Å²) in [6.45, 7) is 9.33. The van der Waals surface area contributed by atoms with E-state index in [1.54, 1.807) is 0 Å². The molecule has 0 radical (unpaired) electrons. The lowest BCUT2D eigenvalue weighted by Crippen LogP contribution is -2.26. The third kappa shape index (κ3) is 2.73. The summed E-state index contributed by atoms with van der Waals surface area (Å²) in [6.07, 6.45) is 13.1. The first-order valence-electron chi connectivity index (χ1n) is 5.91. The summed E-state index contributed by atoms with van der Waals surface area (Å²) in [5, 5.41) is 0. The van der Waals surface area contributed by atoms with Crippen LogP contribution in [-0.4, -0.2) is 0 Å². The minimum Gasteiger partial charge on any atom is -0.0837 e. The maximum Gasteiger partial charge on any atom is -0.00575 e. The van der Waals surface area contributed by atoms with Gasteiger partial charge in [-0.2, -0.15) is 0 Å². The standard InChI is InChI=1S/C14H24/c1-12(2)8-11-14(13(3)4)9-6-5-7-10-14/h5-7,9,12-13H,8,10-11H2,1-4H3. The first-order valence-corrected chi connectivity index (χ1v) is 5.91. The molecule has 80 valence electrons. The number of hydrogen-bond donors (Lipinski definition) is 0. The second-order valence-electron chi connectivity index (χ2n) is 5.31. The molecule has 0 N–H and O–H groups in total. The van der Waals surface area contributed by atoms with Gasteiger partial charge >= 0.3 is 0 Å². The van der Waals surface area contributed by atoms with Gasteiger partial charge in [0.05, 0.1) is 0 Å². The van der Waals surface area contributed by atoms with E-state index in [9.17, 15) is 0 Å². The van der Waals surface area contributed by atoms with Gasteiger partial charge in [0.25, 0.3) is 0 Å². The Labute approximate surface area is 89.1 Å². The summed E-state index contributed by atoms with van der Waals surface area (Å²) >= 11 is 0. The van der Waals surface area contributed by atoms with Crippen molar-refractivity contribution in [2.75, 3.05) is 0 Å². The monoisotopic (exact) mass is 192 g/mol. The smallest absolute Gasteiger partial charge is 0.00575 e. The lowest BCUT2D eigenvalue weighted by molar-refractivity contribution is 0.227. The van der Waals surface area contributed by atoms with E-state index in [1.165, 1.54) is 19.3 Å². The minimum absolute atomic E-state index is 0.443. The molecule has 1 aliphatic rings. The number of hydrogen-bond acceptors (Lipinski definition) is 0. The van der Waals surface area contributed by atoms with E-state index in [4.69, 9.17) is 0 Å². The largest absolute Gasteiger partial charge is 0.0837 e. The Bertz CT molecular complexity index is 220. The fraction of sp³-hybridized carbons (Fsp3) is 0.714. The molecule has 0 amide bonds. The van der Waals surface area contributed by atoms with Gasteiger partial charge in [0, 0.05) is 0 Å². The van der Waals surface area contributed by atoms with Gasteiger partial charge in [-0.3, -0.25) is 0 Å². The van der Waals surface area contributed by atoms with Crippen molar-refractivity contribution in [2.24, 2.45) is 17.3 Å². The van der Waals surface area contributed by atoms with Crippen LogP contribution in [0.2, 0.25) is 0 Å². The van der Waals surface area contributed by atoms with Crippen molar-refractivity contribution in [1.82, 2.24) is 0 Å². The Hall–Kier alpha value is -0.520. The van der Waals surface area contributed by atoms with Gasteiger partial charge in [-0.15, -0.1) is 0 Å². The van der Waals surface area contributed by atoms with E-state index in [1.807, 2.05) is 0 Å². The number of rotatable bonds is 4. The highest BCUT2D eigenvalue weighted by molar-refractivity contribution is 5.17. The highest BCUT2D eigenvalue weighted by atomic mass is 14.3. The van der Waals surface area contributed by atoms with E-state index < -0.39 is 0 Å². The molecule has 0 fully saturated rings. The van der Waals surface area contributed by atoms with Crippen molar-refractivity contribution in [3.8, 4) is 0 Å². The van der Waals surface area contributed by atoms with E-state index in [-0.39, 0.29) is 0 Å². The average Bonchev–Trinajstić information content (AvgIpc) is 2.16. The molecule has 0 aromatic rings. The molecule has 0 bridgehead atoms. The highest BCUT2D eigenvalue weighted by Crippen LogP contribution is 2.41. The summed E-state index contributed by atoms with van der Waals surface area (Å²) in [5.74, 6) is 1.58. The molecular formula is C14H24. The molecule has 0 nitrogen and oxygen atoms in total. The Morgan fingerprint density at radius 3 is 2.29 bits per heavy atom. The molecule has 0 saturated heterocycles. The SMILES string of the molecule is CC(C)CCC1(C(C)C)C=CC=CC1. The van der Waals surface area contributed by atoms with Crippen LogP contribution in [0.4, 0.5) is 0 Å². The fourth-order valence-electron chi connectivity index (χ4n) is 2.14. The summed E-state index contributed by atoms with van der Waals surface area (Å²) in [6, 6.07) is 0. The summed E-state index contributed by atoms with van der Waals surface area (Å²) in [5.41, 5.74) is 0.443. The third-order valence-electron chi connectivity index (χ3n) is 3.51. The van der Waals surface area contributed by atoms with Crippen molar-refractivity contribution >= 4 is 0 Å². The van der Waals surface area contributed by atoms with Crippen molar-refractivity contribution in [3.63, 3.8) is 0 Å². The Kier molecular flexibility index (Phi) is 3.97. The van der Waals surface area contributed by atoms with E-state index >= 15 is 0 Å². The molecule has 14 heavy (non-hydrogen) atoms. The topological polar surface area (TPSA) is 0 Å². The molecule has 0 aromatic heterocycles. The summed E-state index contributed by atoms with van der Waals surface area (Å²) in [7, 11) is 0. The van der Waals surface area contributed by atoms with Crippen LogP contribution in [0.15, 0.2) is 24.3 Å². The van der Waals surface area contributed by atoms with Crippen molar-refractivity contribution < 1.29 is 0 Å². The molecule has 0 saturated carbocycles. The Balaban J connectivity index is 2.63. The van der Waals surface area contributed by atoms with Crippen LogP contribution in [-0.2, 0) is 0 Å². The zero-order valence-electron chi connectivity index (χ0n) is 10.1. The minimum atomic E-state index is 0.443. The van der Waals surface area contributed by atoms with Crippen LogP contribution in [0.5, 0.6) is 0 Å². The van der Waals surface area contributed by atoms with E-state index in [0.29, 0.717) is 5.41 Å². The molecule has 1 aliphatic carbocycles. The van der Waals surface area contributed by atoms with Gasteiger partial charge < -0.3 is 0 Å². The third-order valence-corrected chi connectivity index (χ3v) is 3.51. The van der Waals surface area contributed by atoms with Crippen LogP contribution in [0.25, 0.3) is 0 Å². The fourth-order valence-corrected chi connectivity index (χ4v) is 2.14. The first-order chi connectivity index (χ1) is 6.57. The Morgan fingerprint density at radius 1 is 1.14 bits per heavy atom. The van der Waals surface area contributed by atoms with Gasteiger partial charge in [0.15, 0.2) is 0 Å². The van der Waals surface area contributed by atoms with Gasteiger partial charge in [-0.05, 0) is 30.1 Å². The summed E-state index contributed by atoms with van der Waals surface area (Å²) in [4.78, 5) is 0. The van der Waals surface area contributed by atoms with Crippen LogP contribution < -0.4 is 0 Å². The quantitative estimate of drug-likeness (QED) is 0.611. The molecule has 0 heteroatoms. The molecule has 1 unspecified atom stereocenters. The molecule has 1 rings (SSSR count). The lowest BCUT2D eigenvalue weighted by Gasteiger charge is -2.36. The van der Waals surface area contributed by atoms with Crippen LogP contribution >= 0.6 is 0 Å². The van der Waals surface area contributed by atoms with Gasteiger partial charge in [0.1, 0.15) is 0 Å². The van der Waals surface area contributed by atoms with Gasteiger partial charge in [-0.25, -0.2) is 0 Å². The zero-order valence-corrected chi connectivity index (χ0v) is 10.1. The second-order valence-corrected chi connectivity index (χ2v) is 5.31. The van der Waals surface area contributed by atoms with Gasteiger partial charge in [-0.1, -0.05) is 58.4 Å². The second kappa shape index (κ2) is 4.82. The van der Waals surface area contributed by atoms with Crippen molar-refractivity contribution in [2.45, 2.75) is 47.0 Å². The van der Waals surface area contributed by atoms with E-state index in [2.05, 4.69) is 52.0 Å². The molecular weight excluding hydrogens is 168 g/mol. The van der Waals surface area contributed by atoms with Crippen LogP contribution in [0.3, 0.4) is 0 Å². The maximum atomic E-state index is 2.43. The maximum absolute atomic E-state index is 2.43. The Morgan fingerprint density at radius 2 is 1.86 bits per heavy atom. The zero-order chi connectivity index (χ0) is 10.6. The lowest BCUT2D eigenvalue weighted by atomic mass is 9.69. The molecule has 1 atom stereocenters.